The Morgan fingerprint density at radius 2 is 2.28 bits per heavy atom. The summed E-state index contributed by atoms with van der Waals surface area (Å²) in [5.41, 5.74) is 1.74. The predicted molar refractivity (Wildman–Crippen MR) is 71.5 cm³/mol. The fourth-order valence-corrected chi connectivity index (χ4v) is 2.18. The van der Waals surface area contributed by atoms with Crippen LogP contribution in [0.5, 0.6) is 0 Å². The molecule has 0 aliphatic carbocycles. The van der Waals surface area contributed by atoms with Crippen molar-refractivity contribution >= 4 is 5.69 Å². The predicted octanol–water partition coefficient (Wildman–Crippen LogP) is 1.74. The third kappa shape index (κ3) is 3.73. The van der Waals surface area contributed by atoms with Crippen LogP contribution in [-0.2, 0) is 4.74 Å². The Hall–Kier alpha value is -1.57. The van der Waals surface area contributed by atoms with Gasteiger partial charge in [0.1, 0.15) is 0 Å². The fourth-order valence-electron chi connectivity index (χ4n) is 2.18. The van der Waals surface area contributed by atoms with Crippen LogP contribution in [0.4, 0.5) is 5.69 Å². The third-order valence-corrected chi connectivity index (χ3v) is 3.06. The van der Waals surface area contributed by atoms with Gasteiger partial charge in [0.05, 0.1) is 24.8 Å². The topological polar surface area (TPSA) is 57.1 Å². The first-order chi connectivity index (χ1) is 8.78. The SMILES string of the molecule is CC(CC1COCCN1)Nc1ccc(C#N)cc1. The first-order valence-electron chi connectivity index (χ1n) is 6.36. The number of hydrogen-bond acceptors (Lipinski definition) is 4. The van der Waals surface area contributed by atoms with E-state index in [9.17, 15) is 0 Å². The molecule has 1 fully saturated rings. The van der Waals surface area contributed by atoms with Gasteiger partial charge in [0.25, 0.3) is 0 Å². The van der Waals surface area contributed by atoms with Gasteiger partial charge in [0.15, 0.2) is 0 Å². The van der Waals surface area contributed by atoms with Crippen LogP contribution < -0.4 is 10.6 Å². The summed E-state index contributed by atoms with van der Waals surface area (Å²) in [4.78, 5) is 0. The molecule has 0 amide bonds. The molecule has 1 heterocycles. The van der Waals surface area contributed by atoms with Gasteiger partial charge in [-0.2, -0.15) is 5.26 Å². The molecule has 1 aromatic carbocycles. The molecule has 2 unspecified atom stereocenters. The number of nitriles is 1. The molecule has 2 rings (SSSR count). The molecular weight excluding hydrogens is 226 g/mol. The second kappa shape index (κ2) is 6.39. The minimum Gasteiger partial charge on any atom is -0.383 e. The highest BCUT2D eigenvalue weighted by Crippen LogP contribution is 2.12. The van der Waals surface area contributed by atoms with Crippen molar-refractivity contribution in [3.05, 3.63) is 29.8 Å². The Morgan fingerprint density at radius 3 is 2.89 bits per heavy atom. The summed E-state index contributed by atoms with van der Waals surface area (Å²) in [5.74, 6) is 0. The fraction of sp³-hybridized carbons (Fsp3) is 0.500. The summed E-state index contributed by atoms with van der Waals surface area (Å²) in [5, 5.41) is 15.6. The number of hydrogen-bond donors (Lipinski definition) is 2. The maximum atomic E-state index is 8.73. The van der Waals surface area contributed by atoms with Gasteiger partial charge < -0.3 is 15.4 Å². The van der Waals surface area contributed by atoms with Crippen LogP contribution in [0.3, 0.4) is 0 Å². The second-order valence-corrected chi connectivity index (χ2v) is 4.70. The largest absolute Gasteiger partial charge is 0.383 e. The molecule has 96 valence electrons. The Balaban J connectivity index is 1.82. The molecule has 0 bridgehead atoms. The highest BCUT2D eigenvalue weighted by Gasteiger charge is 2.15. The average molecular weight is 245 g/mol. The maximum absolute atomic E-state index is 8.73. The van der Waals surface area contributed by atoms with Crippen molar-refractivity contribution in [3.63, 3.8) is 0 Å². The van der Waals surface area contributed by atoms with E-state index in [1.807, 2.05) is 24.3 Å². The van der Waals surface area contributed by atoms with Gasteiger partial charge in [0.2, 0.25) is 0 Å². The number of ether oxygens (including phenoxy) is 1. The number of benzene rings is 1. The summed E-state index contributed by atoms with van der Waals surface area (Å²) in [6.45, 7) is 4.70. The van der Waals surface area contributed by atoms with E-state index < -0.39 is 0 Å². The summed E-state index contributed by atoms with van der Waals surface area (Å²) in [6, 6.07) is 10.5. The minimum absolute atomic E-state index is 0.372. The lowest BCUT2D eigenvalue weighted by atomic mass is 10.1. The first-order valence-corrected chi connectivity index (χ1v) is 6.36. The zero-order valence-electron chi connectivity index (χ0n) is 10.6. The van der Waals surface area contributed by atoms with E-state index in [2.05, 4.69) is 23.6 Å². The first kappa shape index (κ1) is 12.9. The Labute approximate surface area is 108 Å². The summed E-state index contributed by atoms with van der Waals surface area (Å²) in [6.07, 6.45) is 1.03. The monoisotopic (exact) mass is 245 g/mol. The quantitative estimate of drug-likeness (QED) is 0.848. The zero-order chi connectivity index (χ0) is 12.8. The maximum Gasteiger partial charge on any atom is 0.0991 e. The molecule has 2 atom stereocenters. The van der Waals surface area contributed by atoms with E-state index in [0.29, 0.717) is 17.6 Å². The molecule has 1 saturated heterocycles. The van der Waals surface area contributed by atoms with Gasteiger partial charge in [-0.3, -0.25) is 0 Å². The van der Waals surface area contributed by atoms with Crippen molar-refractivity contribution in [1.29, 1.82) is 5.26 Å². The molecule has 0 radical (unpaired) electrons. The Bertz CT molecular complexity index is 404. The van der Waals surface area contributed by atoms with E-state index in [1.54, 1.807) is 0 Å². The van der Waals surface area contributed by atoms with Crippen molar-refractivity contribution in [1.82, 2.24) is 5.32 Å². The normalized spacial score (nSPS) is 21.0. The van der Waals surface area contributed by atoms with Crippen LogP contribution in [-0.4, -0.2) is 31.8 Å². The molecule has 1 aromatic rings. The second-order valence-electron chi connectivity index (χ2n) is 4.70. The van der Waals surface area contributed by atoms with Crippen LogP contribution >= 0.6 is 0 Å². The molecule has 1 aliphatic rings. The molecular formula is C14H19N3O. The molecule has 2 N–H and O–H groups in total. The minimum atomic E-state index is 0.372. The van der Waals surface area contributed by atoms with E-state index in [1.165, 1.54) is 0 Å². The van der Waals surface area contributed by atoms with Crippen LogP contribution in [0.15, 0.2) is 24.3 Å². The lowest BCUT2D eigenvalue weighted by Crippen LogP contribution is -2.43. The lowest BCUT2D eigenvalue weighted by molar-refractivity contribution is 0.0731. The lowest BCUT2D eigenvalue weighted by Gasteiger charge is -2.27. The standard InChI is InChI=1S/C14H19N3O/c1-11(8-14-10-18-7-6-16-14)17-13-4-2-12(9-15)3-5-13/h2-5,11,14,16-17H,6-8,10H2,1H3. The number of morpholine rings is 1. The Kier molecular flexibility index (Phi) is 4.57. The van der Waals surface area contributed by atoms with E-state index >= 15 is 0 Å². The molecule has 0 saturated carbocycles. The van der Waals surface area contributed by atoms with Crippen LogP contribution in [0.1, 0.15) is 18.9 Å². The van der Waals surface area contributed by atoms with Crippen molar-refractivity contribution < 1.29 is 4.74 Å². The summed E-state index contributed by atoms with van der Waals surface area (Å²) >= 11 is 0. The summed E-state index contributed by atoms with van der Waals surface area (Å²) in [7, 11) is 0. The third-order valence-electron chi connectivity index (χ3n) is 3.06. The van der Waals surface area contributed by atoms with E-state index in [-0.39, 0.29) is 0 Å². The van der Waals surface area contributed by atoms with E-state index in [0.717, 1.165) is 31.9 Å². The van der Waals surface area contributed by atoms with Gasteiger partial charge in [-0.1, -0.05) is 0 Å². The Morgan fingerprint density at radius 1 is 1.50 bits per heavy atom. The molecule has 4 nitrogen and oxygen atoms in total. The highest BCUT2D eigenvalue weighted by molar-refractivity contribution is 5.47. The summed E-state index contributed by atoms with van der Waals surface area (Å²) < 4.78 is 5.44. The van der Waals surface area contributed by atoms with Gasteiger partial charge >= 0.3 is 0 Å². The number of nitrogens with one attached hydrogen (secondary N) is 2. The van der Waals surface area contributed by atoms with Crippen LogP contribution in [0, 0.1) is 11.3 Å². The van der Waals surface area contributed by atoms with Crippen LogP contribution in [0.2, 0.25) is 0 Å². The average Bonchev–Trinajstić information content (AvgIpc) is 2.40. The molecule has 0 aromatic heterocycles. The smallest absolute Gasteiger partial charge is 0.0991 e. The highest BCUT2D eigenvalue weighted by atomic mass is 16.5. The molecule has 1 aliphatic heterocycles. The van der Waals surface area contributed by atoms with Crippen molar-refractivity contribution in [2.45, 2.75) is 25.4 Å². The molecule has 4 heteroatoms. The van der Waals surface area contributed by atoms with Gasteiger partial charge in [-0.15, -0.1) is 0 Å². The van der Waals surface area contributed by atoms with Gasteiger partial charge in [-0.05, 0) is 37.6 Å². The van der Waals surface area contributed by atoms with Crippen molar-refractivity contribution in [2.75, 3.05) is 25.1 Å². The van der Waals surface area contributed by atoms with Crippen LogP contribution in [0.25, 0.3) is 0 Å². The van der Waals surface area contributed by atoms with Crippen molar-refractivity contribution in [2.24, 2.45) is 0 Å². The van der Waals surface area contributed by atoms with Gasteiger partial charge in [0, 0.05) is 24.3 Å². The van der Waals surface area contributed by atoms with Gasteiger partial charge in [-0.25, -0.2) is 0 Å². The number of rotatable bonds is 4. The number of anilines is 1. The van der Waals surface area contributed by atoms with Crippen molar-refractivity contribution in [3.8, 4) is 6.07 Å². The number of nitrogens with zero attached hydrogens (tertiary/aromatic N) is 1. The molecule has 0 spiro atoms. The van der Waals surface area contributed by atoms with E-state index in [4.69, 9.17) is 10.00 Å². The zero-order valence-corrected chi connectivity index (χ0v) is 10.6. The molecule has 18 heavy (non-hydrogen) atoms.